The highest BCUT2D eigenvalue weighted by Crippen LogP contribution is 2.34. The summed E-state index contributed by atoms with van der Waals surface area (Å²) in [4.78, 5) is 0.203. The largest absolute Gasteiger partial charge is 0.768 e. The van der Waals surface area contributed by atoms with E-state index in [2.05, 4.69) is 0 Å². The molecule has 0 bridgehead atoms. The molecule has 0 saturated heterocycles. The number of hydrogen-bond donors (Lipinski definition) is 0. The van der Waals surface area contributed by atoms with E-state index in [-0.39, 0.29) is 4.90 Å². The molecule has 3 nitrogen and oxygen atoms in total. The highest BCUT2D eigenvalue weighted by atomic mass is 32.2. The van der Waals surface area contributed by atoms with Crippen LogP contribution in [0, 0.1) is 0 Å². The van der Waals surface area contributed by atoms with E-state index in [1.54, 1.807) is 11.5 Å². The van der Waals surface area contributed by atoms with Crippen LogP contribution in [0.2, 0.25) is 0 Å². The average molecular weight is 213 g/mol. The van der Waals surface area contributed by atoms with Crippen molar-refractivity contribution >= 4 is 29.2 Å². The minimum absolute atomic E-state index is 0.203. The first-order chi connectivity index (χ1) is 6.29. The molecule has 0 aliphatic carbocycles. The van der Waals surface area contributed by atoms with Crippen molar-refractivity contribution < 1.29 is 12.9 Å². The van der Waals surface area contributed by atoms with Crippen molar-refractivity contribution in [3.05, 3.63) is 29.2 Å². The highest BCUT2D eigenvalue weighted by Gasteiger charge is 2.11. The van der Waals surface area contributed by atoms with Gasteiger partial charge in [-0.3, -0.25) is 4.21 Å². The van der Waals surface area contributed by atoms with Gasteiger partial charge in [0.05, 0.1) is 16.9 Å². The lowest BCUT2D eigenvalue weighted by Crippen LogP contribution is -1.97. The zero-order valence-electron chi connectivity index (χ0n) is 6.43. The van der Waals surface area contributed by atoms with E-state index < -0.39 is 11.1 Å². The Kier molecular flexibility index (Phi) is 2.39. The average Bonchev–Trinajstić information content (AvgIpc) is 2.17. The first-order valence-electron chi connectivity index (χ1n) is 3.51. The summed E-state index contributed by atoms with van der Waals surface area (Å²) in [6.45, 7) is 0. The second kappa shape index (κ2) is 3.53. The third-order valence-corrected chi connectivity index (χ3v) is 2.81. The van der Waals surface area contributed by atoms with Gasteiger partial charge in [-0.15, -0.1) is 0 Å². The summed E-state index contributed by atoms with van der Waals surface area (Å²) in [5.41, 5.74) is 0.792. The van der Waals surface area contributed by atoms with Gasteiger partial charge in [-0.1, -0.05) is 12.1 Å². The van der Waals surface area contributed by atoms with Gasteiger partial charge in [-0.25, -0.2) is 0 Å². The molecule has 2 rings (SSSR count). The lowest BCUT2D eigenvalue weighted by atomic mass is 10.2. The topological polar surface area (TPSA) is 49.4 Å². The highest BCUT2D eigenvalue weighted by molar-refractivity contribution is 7.98. The molecule has 0 aromatic heterocycles. The molecular formula is C8H5O3S2-. The second-order valence-corrected chi connectivity index (χ2v) is 3.93. The molecule has 5 heteroatoms. The fraction of sp³-hybridized carbons (Fsp3) is 0. The van der Waals surface area contributed by atoms with Crippen molar-refractivity contribution in [1.29, 1.82) is 0 Å². The number of para-hydroxylation sites is 1. The molecule has 1 unspecified atom stereocenters. The lowest BCUT2D eigenvalue weighted by molar-refractivity contribution is 0.530. The van der Waals surface area contributed by atoms with Crippen LogP contribution in [0.15, 0.2) is 28.5 Å². The fourth-order valence-corrected chi connectivity index (χ4v) is 2.15. The molecule has 1 atom stereocenters. The maximum Gasteiger partial charge on any atom is 0.160 e. The van der Waals surface area contributed by atoms with Crippen LogP contribution in [0.1, 0.15) is 5.56 Å². The molecule has 1 heterocycles. The van der Waals surface area contributed by atoms with E-state index in [9.17, 15) is 8.76 Å². The number of rotatable bonds is 1. The quantitative estimate of drug-likeness (QED) is 0.528. The Morgan fingerprint density at radius 3 is 3.08 bits per heavy atom. The summed E-state index contributed by atoms with van der Waals surface area (Å²) < 4.78 is 26.7. The van der Waals surface area contributed by atoms with E-state index in [1.165, 1.54) is 6.07 Å². The van der Waals surface area contributed by atoms with Gasteiger partial charge in [0, 0.05) is 11.0 Å². The van der Waals surface area contributed by atoms with Gasteiger partial charge in [0.25, 0.3) is 0 Å². The predicted molar refractivity (Wildman–Crippen MR) is 50.9 cm³/mol. The van der Waals surface area contributed by atoms with Crippen LogP contribution in [-0.2, 0) is 11.1 Å². The van der Waals surface area contributed by atoms with Gasteiger partial charge in [0.1, 0.15) is 0 Å². The first-order valence-corrected chi connectivity index (χ1v) is 5.39. The summed E-state index contributed by atoms with van der Waals surface area (Å²) in [7, 11) is 0. The molecule has 1 aromatic rings. The maximum atomic E-state index is 10.8. The van der Waals surface area contributed by atoms with Gasteiger partial charge < -0.3 is 8.74 Å². The third-order valence-electron chi connectivity index (χ3n) is 1.62. The summed E-state index contributed by atoms with van der Waals surface area (Å²) in [5.74, 6) is 0.420. The molecule has 0 spiro atoms. The maximum absolute atomic E-state index is 10.8. The van der Waals surface area contributed by atoms with E-state index in [0.29, 0.717) is 5.75 Å². The standard InChI is InChI=1S/C8H6O3S2/c9-13(10)7-3-1-2-6-4-5-12-11-8(6)7/h1-5H,(H,9,10)/p-1. The molecular weight excluding hydrogens is 208 g/mol. The monoisotopic (exact) mass is 213 g/mol. The van der Waals surface area contributed by atoms with Gasteiger partial charge in [-0.05, 0) is 23.2 Å². The summed E-state index contributed by atoms with van der Waals surface area (Å²) >= 11 is -1.13. The van der Waals surface area contributed by atoms with E-state index in [1.807, 2.05) is 12.1 Å². The Morgan fingerprint density at radius 1 is 1.46 bits per heavy atom. The fourth-order valence-electron chi connectivity index (χ4n) is 1.06. The van der Waals surface area contributed by atoms with Gasteiger partial charge in [-0.2, -0.15) is 0 Å². The Balaban J connectivity index is 2.59. The Hall–Kier alpha value is -0.780. The lowest BCUT2D eigenvalue weighted by Gasteiger charge is -2.15. The predicted octanol–water partition coefficient (Wildman–Crippen LogP) is 1.94. The minimum atomic E-state index is -2.24. The molecule has 0 fully saturated rings. The van der Waals surface area contributed by atoms with E-state index >= 15 is 0 Å². The molecule has 0 radical (unpaired) electrons. The minimum Gasteiger partial charge on any atom is -0.768 e. The van der Waals surface area contributed by atoms with Crippen LogP contribution < -0.4 is 4.18 Å². The van der Waals surface area contributed by atoms with Crippen molar-refractivity contribution in [2.24, 2.45) is 0 Å². The normalized spacial score (nSPS) is 16.1. The zero-order chi connectivity index (χ0) is 9.26. The summed E-state index contributed by atoms with van der Waals surface area (Å²) in [6.07, 6.45) is 1.82. The molecule has 0 amide bonds. The Bertz CT molecular complexity index is 387. The third kappa shape index (κ3) is 1.63. The molecule has 1 aromatic carbocycles. The number of hydrogen-bond acceptors (Lipinski definition) is 4. The SMILES string of the molecule is O=S([O-])c1cccc2c1OSC=C2. The van der Waals surface area contributed by atoms with Crippen molar-refractivity contribution in [2.75, 3.05) is 0 Å². The van der Waals surface area contributed by atoms with Crippen LogP contribution >= 0.6 is 12.0 Å². The number of benzene rings is 1. The van der Waals surface area contributed by atoms with Gasteiger partial charge in [0.15, 0.2) is 5.75 Å². The van der Waals surface area contributed by atoms with Gasteiger partial charge in [0.2, 0.25) is 0 Å². The number of fused-ring (bicyclic) bond motifs is 1. The smallest absolute Gasteiger partial charge is 0.160 e. The van der Waals surface area contributed by atoms with Crippen LogP contribution in [0.3, 0.4) is 0 Å². The second-order valence-electron chi connectivity index (χ2n) is 2.39. The van der Waals surface area contributed by atoms with Crippen molar-refractivity contribution in [1.82, 2.24) is 0 Å². The Morgan fingerprint density at radius 2 is 2.31 bits per heavy atom. The summed E-state index contributed by atoms with van der Waals surface area (Å²) in [5, 5.41) is 1.76. The molecule has 0 saturated carbocycles. The van der Waals surface area contributed by atoms with Gasteiger partial charge >= 0.3 is 0 Å². The first kappa shape index (κ1) is 8.80. The van der Waals surface area contributed by atoms with Crippen molar-refractivity contribution in [3.8, 4) is 5.75 Å². The van der Waals surface area contributed by atoms with Crippen LogP contribution in [0.4, 0.5) is 0 Å². The Labute approximate surface area is 82.3 Å². The van der Waals surface area contributed by atoms with Crippen molar-refractivity contribution in [2.45, 2.75) is 4.90 Å². The molecule has 0 N–H and O–H groups in total. The van der Waals surface area contributed by atoms with Crippen LogP contribution in [-0.4, -0.2) is 8.76 Å². The van der Waals surface area contributed by atoms with Crippen LogP contribution in [0.5, 0.6) is 5.75 Å². The molecule has 1 aliphatic heterocycles. The van der Waals surface area contributed by atoms with E-state index in [4.69, 9.17) is 4.18 Å². The zero-order valence-corrected chi connectivity index (χ0v) is 8.06. The van der Waals surface area contributed by atoms with Crippen LogP contribution in [0.25, 0.3) is 6.08 Å². The van der Waals surface area contributed by atoms with E-state index in [0.717, 1.165) is 17.6 Å². The van der Waals surface area contributed by atoms with Crippen molar-refractivity contribution in [3.63, 3.8) is 0 Å². The summed E-state index contributed by atoms with van der Waals surface area (Å²) in [6, 6.07) is 5.01. The molecule has 13 heavy (non-hydrogen) atoms. The molecule has 68 valence electrons. The molecule has 1 aliphatic rings.